The minimum absolute atomic E-state index is 0.00863. The fourth-order valence-electron chi connectivity index (χ4n) is 2.30. The first-order chi connectivity index (χ1) is 10.7. The van der Waals surface area contributed by atoms with Crippen LogP contribution in [-0.4, -0.2) is 58.9 Å². The molecule has 1 aliphatic heterocycles. The normalized spacial score (nSPS) is 15.8. The third-order valence-electron chi connectivity index (χ3n) is 3.69. The van der Waals surface area contributed by atoms with E-state index in [1.165, 1.54) is 0 Å². The first-order valence-corrected chi connectivity index (χ1v) is 7.28. The van der Waals surface area contributed by atoms with E-state index >= 15 is 0 Å². The Labute approximate surface area is 129 Å². The Kier molecular flexibility index (Phi) is 4.34. The second-order valence-electron chi connectivity index (χ2n) is 5.32. The van der Waals surface area contributed by atoms with Crippen LogP contribution in [0.4, 0.5) is 5.95 Å². The van der Waals surface area contributed by atoms with E-state index in [1.54, 1.807) is 18.7 Å². The quantitative estimate of drug-likeness (QED) is 0.910. The highest BCUT2D eigenvalue weighted by Gasteiger charge is 2.20. The number of carbonyl (C=O) groups excluding carboxylic acids is 1. The molecule has 2 aromatic rings. The summed E-state index contributed by atoms with van der Waals surface area (Å²) in [6.45, 7) is 3.80. The molecule has 3 heterocycles. The molecule has 0 saturated carbocycles. The van der Waals surface area contributed by atoms with Crippen molar-refractivity contribution < 1.29 is 9.21 Å². The van der Waals surface area contributed by atoms with Crippen LogP contribution in [0.5, 0.6) is 0 Å². The minimum Gasteiger partial charge on any atom is -0.467 e. The van der Waals surface area contributed by atoms with Crippen LogP contribution in [0, 0.1) is 0 Å². The summed E-state index contributed by atoms with van der Waals surface area (Å²) in [6.07, 6.45) is 4.76. The van der Waals surface area contributed by atoms with Crippen LogP contribution < -0.4 is 5.32 Å². The lowest BCUT2D eigenvalue weighted by atomic mass is 10.2. The van der Waals surface area contributed by atoms with Gasteiger partial charge in [-0.2, -0.15) is 0 Å². The summed E-state index contributed by atoms with van der Waals surface area (Å²) >= 11 is 0. The van der Waals surface area contributed by atoms with Gasteiger partial charge in [0.1, 0.15) is 5.76 Å². The highest BCUT2D eigenvalue weighted by molar-refractivity contribution is 5.93. The van der Waals surface area contributed by atoms with Gasteiger partial charge < -0.3 is 19.5 Å². The highest BCUT2D eigenvalue weighted by atomic mass is 16.3. The lowest BCUT2D eigenvalue weighted by Gasteiger charge is -2.32. The molecular weight excluding hydrogens is 282 g/mol. The molecule has 0 atom stereocenters. The number of hydrogen-bond acceptors (Lipinski definition) is 6. The molecule has 1 fully saturated rings. The number of carbonyl (C=O) groups is 1. The van der Waals surface area contributed by atoms with Crippen molar-refractivity contribution >= 4 is 11.9 Å². The molecular formula is C15H19N5O2. The molecule has 1 aliphatic rings. The molecule has 0 bridgehead atoms. The van der Waals surface area contributed by atoms with E-state index in [4.69, 9.17) is 4.42 Å². The zero-order valence-corrected chi connectivity index (χ0v) is 12.5. The van der Waals surface area contributed by atoms with Gasteiger partial charge in [0.2, 0.25) is 5.95 Å². The van der Waals surface area contributed by atoms with Crippen molar-refractivity contribution in [1.29, 1.82) is 0 Å². The summed E-state index contributed by atoms with van der Waals surface area (Å²) in [5.41, 5.74) is 0.521. The molecule has 116 valence electrons. The molecule has 7 heteroatoms. The maximum atomic E-state index is 12.4. The molecule has 1 N–H and O–H groups in total. The number of hydrogen-bond donors (Lipinski definition) is 1. The van der Waals surface area contributed by atoms with Crippen LogP contribution >= 0.6 is 0 Å². The predicted molar refractivity (Wildman–Crippen MR) is 81.5 cm³/mol. The SMILES string of the molecule is CN1CCN(C(=O)c2cnc(NCc3ccco3)nc2)CC1. The zero-order valence-electron chi connectivity index (χ0n) is 12.5. The van der Waals surface area contributed by atoms with E-state index < -0.39 is 0 Å². The van der Waals surface area contributed by atoms with E-state index in [1.807, 2.05) is 17.0 Å². The van der Waals surface area contributed by atoms with Gasteiger partial charge in [0.25, 0.3) is 5.91 Å². The molecule has 2 aromatic heterocycles. The number of aromatic nitrogens is 2. The van der Waals surface area contributed by atoms with Crippen LogP contribution in [0.25, 0.3) is 0 Å². The Hall–Kier alpha value is -2.41. The molecule has 22 heavy (non-hydrogen) atoms. The number of nitrogens with one attached hydrogen (secondary N) is 1. The van der Waals surface area contributed by atoms with Gasteiger partial charge in [0.05, 0.1) is 18.4 Å². The molecule has 3 rings (SSSR count). The molecule has 1 saturated heterocycles. The second-order valence-corrected chi connectivity index (χ2v) is 5.32. The van der Waals surface area contributed by atoms with E-state index in [2.05, 4.69) is 27.2 Å². The summed E-state index contributed by atoms with van der Waals surface area (Å²) in [5, 5.41) is 3.05. The van der Waals surface area contributed by atoms with Gasteiger partial charge in [-0.15, -0.1) is 0 Å². The topological polar surface area (TPSA) is 74.5 Å². The average Bonchev–Trinajstić information content (AvgIpc) is 3.07. The maximum absolute atomic E-state index is 12.4. The smallest absolute Gasteiger partial charge is 0.257 e. The third-order valence-corrected chi connectivity index (χ3v) is 3.69. The zero-order chi connectivity index (χ0) is 15.4. The fourth-order valence-corrected chi connectivity index (χ4v) is 2.30. The number of anilines is 1. The second kappa shape index (κ2) is 6.57. The lowest BCUT2D eigenvalue weighted by Crippen LogP contribution is -2.47. The minimum atomic E-state index is -0.00863. The predicted octanol–water partition coefficient (Wildman–Crippen LogP) is 1.07. The van der Waals surface area contributed by atoms with Crippen molar-refractivity contribution in [2.75, 3.05) is 38.5 Å². The van der Waals surface area contributed by atoms with Crippen molar-refractivity contribution in [3.8, 4) is 0 Å². The standard InChI is InChI=1S/C15H19N5O2/c1-19-4-6-20(7-5-19)14(21)12-9-16-15(17-10-12)18-11-13-3-2-8-22-13/h2-3,8-10H,4-7,11H2,1H3,(H,16,17,18). The van der Waals surface area contributed by atoms with Gasteiger partial charge in [-0.1, -0.05) is 0 Å². The summed E-state index contributed by atoms with van der Waals surface area (Å²) in [7, 11) is 2.06. The van der Waals surface area contributed by atoms with Crippen LogP contribution in [0.2, 0.25) is 0 Å². The molecule has 1 amide bonds. The first kappa shape index (κ1) is 14.5. The molecule has 0 aromatic carbocycles. The van der Waals surface area contributed by atoms with Crippen LogP contribution in [-0.2, 0) is 6.54 Å². The van der Waals surface area contributed by atoms with Crippen molar-refractivity contribution in [2.45, 2.75) is 6.54 Å². The van der Waals surface area contributed by atoms with E-state index in [-0.39, 0.29) is 5.91 Å². The van der Waals surface area contributed by atoms with Crippen LogP contribution in [0.1, 0.15) is 16.1 Å². The summed E-state index contributed by atoms with van der Waals surface area (Å²) < 4.78 is 5.22. The van der Waals surface area contributed by atoms with Crippen LogP contribution in [0.3, 0.4) is 0 Å². The van der Waals surface area contributed by atoms with Gasteiger partial charge in [-0.3, -0.25) is 4.79 Å². The van der Waals surface area contributed by atoms with Gasteiger partial charge in [-0.25, -0.2) is 9.97 Å². The number of likely N-dealkylation sites (N-methyl/N-ethyl adjacent to an activating group) is 1. The summed E-state index contributed by atoms with van der Waals surface area (Å²) in [6, 6.07) is 3.70. The van der Waals surface area contributed by atoms with Gasteiger partial charge in [0.15, 0.2) is 0 Å². The van der Waals surface area contributed by atoms with E-state index in [0.29, 0.717) is 18.1 Å². The van der Waals surface area contributed by atoms with Gasteiger partial charge in [0, 0.05) is 38.6 Å². The van der Waals surface area contributed by atoms with E-state index in [9.17, 15) is 4.79 Å². The molecule has 0 unspecified atom stereocenters. The monoisotopic (exact) mass is 301 g/mol. The molecule has 0 spiro atoms. The lowest BCUT2D eigenvalue weighted by molar-refractivity contribution is 0.0663. The Morgan fingerprint density at radius 3 is 2.64 bits per heavy atom. The summed E-state index contributed by atoms with van der Waals surface area (Å²) in [4.78, 5) is 24.8. The first-order valence-electron chi connectivity index (χ1n) is 7.28. The number of nitrogens with zero attached hydrogens (tertiary/aromatic N) is 4. The molecule has 7 nitrogen and oxygen atoms in total. The van der Waals surface area contributed by atoms with Crippen molar-refractivity contribution in [3.05, 3.63) is 42.1 Å². The van der Waals surface area contributed by atoms with Crippen LogP contribution in [0.15, 0.2) is 35.2 Å². The van der Waals surface area contributed by atoms with Crippen molar-refractivity contribution in [1.82, 2.24) is 19.8 Å². The van der Waals surface area contributed by atoms with Gasteiger partial charge in [-0.05, 0) is 19.2 Å². The largest absolute Gasteiger partial charge is 0.467 e. The van der Waals surface area contributed by atoms with Crippen molar-refractivity contribution in [3.63, 3.8) is 0 Å². The number of amides is 1. The number of furan rings is 1. The van der Waals surface area contributed by atoms with E-state index in [0.717, 1.165) is 31.9 Å². The summed E-state index contributed by atoms with van der Waals surface area (Å²) in [5.74, 6) is 1.28. The fraction of sp³-hybridized carbons (Fsp3) is 0.400. The molecule has 0 aliphatic carbocycles. The van der Waals surface area contributed by atoms with Crippen molar-refractivity contribution in [2.24, 2.45) is 0 Å². The molecule has 0 radical (unpaired) electrons. The Balaban J connectivity index is 1.57. The highest BCUT2D eigenvalue weighted by Crippen LogP contribution is 2.09. The number of piperazine rings is 1. The Bertz CT molecular complexity index is 603. The Morgan fingerprint density at radius 2 is 2.00 bits per heavy atom. The average molecular weight is 301 g/mol. The third kappa shape index (κ3) is 3.43. The maximum Gasteiger partial charge on any atom is 0.257 e. The van der Waals surface area contributed by atoms with Gasteiger partial charge >= 0.3 is 0 Å². The Morgan fingerprint density at radius 1 is 1.27 bits per heavy atom. The number of rotatable bonds is 4.